The molecule has 2 unspecified atom stereocenters. The van der Waals surface area contributed by atoms with Crippen LogP contribution in [0.4, 0.5) is 0 Å². The number of hydrogen-bond acceptors (Lipinski definition) is 5. The van der Waals surface area contributed by atoms with Crippen molar-refractivity contribution < 1.29 is 14.9 Å². The van der Waals surface area contributed by atoms with Gasteiger partial charge in [-0.3, -0.25) is 4.90 Å². The molecule has 0 spiro atoms. The van der Waals surface area contributed by atoms with E-state index < -0.39 is 6.10 Å². The minimum absolute atomic E-state index is 0.145. The summed E-state index contributed by atoms with van der Waals surface area (Å²) in [6.45, 7) is 4.94. The van der Waals surface area contributed by atoms with Crippen molar-refractivity contribution in [3.8, 4) is 11.5 Å². The largest absolute Gasteiger partial charge is 0.508 e. The summed E-state index contributed by atoms with van der Waals surface area (Å²) >= 11 is 0. The number of ether oxygens (including phenoxy) is 1. The second kappa shape index (κ2) is 7.89. The van der Waals surface area contributed by atoms with Crippen LogP contribution in [0.15, 0.2) is 30.6 Å². The van der Waals surface area contributed by atoms with E-state index in [0.29, 0.717) is 19.0 Å². The Hall–Kier alpha value is -2.05. The first-order valence-electron chi connectivity index (χ1n) is 8.90. The number of hydrogen-bond donors (Lipinski definition) is 2. The van der Waals surface area contributed by atoms with E-state index in [9.17, 15) is 10.2 Å². The molecule has 0 bridgehead atoms. The Morgan fingerprint density at radius 3 is 2.96 bits per heavy atom. The van der Waals surface area contributed by atoms with Gasteiger partial charge in [-0.15, -0.1) is 0 Å². The van der Waals surface area contributed by atoms with Crippen LogP contribution in [0, 0.1) is 5.92 Å². The van der Waals surface area contributed by atoms with E-state index in [1.807, 2.05) is 30.8 Å². The lowest BCUT2D eigenvalue weighted by Gasteiger charge is -2.35. The van der Waals surface area contributed by atoms with Crippen LogP contribution < -0.4 is 4.74 Å². The number of piperidine rings is 1. The monoisotopic (exact) mass is 345 g/mol. The van der Waals surface area contributed by atoms with Gasteiger partial charge >= 0.3 is 0 Å². The van der Waals surface area contributed by atoms with E-state index in [1.165, 1.54) is 0 Å². The van der Waals surface area contributed by atoms with Crippen molar-refractivity contribution >= 4 is 0 Å². The van der Waals surface area contributed by atoms with Crippen molar-refractivity contribution in [2.75, 3.05) is 19.7 Å². The fraction of sp³-hybridized carbons (Fsp3) is 0.526. The first-order chi connectivity index (χ1) is 12.1. The Morgan fingerprint density at radius 1 is 1.40 bits per heavy atom. The average molecular weight is 345 g/mol. The molecule has 1 fully saturated rings. The van der Waals surface area contributed by atoms with E-state index in [-0.39, 0.29) is 11.7 Å². The van der Waals surface area contributed by atoms with Gasteiger partial charge in [-0.2, -0.15) is 0 Å². The average Bonchev–Trinajstić information content (AvgIpc) is 3.04. The molecule has 2 N–H and O–H groups in total. The standard InChI is InChI=1S/C19H27N3O3/c1-3-25-16-6-7-17(23)15(11-16)13-22-9-4-5-14(12-22)18(24)19-20-8-10-21(19)2/h6-8,10-11,14,18,23-24H,3-5,9,12-13H2,1-2H3. The lowest BCUT2D eigenvalue weighted by Crippen LogP contribution is -2.37. The number of rotatable bonds is 6. The predicted octanol–water partition coefficient (Wildman–Crippen LogP) is 2.47. The summed E-state index contributed by atoms with van der Waals surface area (Å²) in [5.41, 5.74) is 0.859. The van der Waals surface area contributed by atoms with E-state index in [4.69, 9.17) is 4.74 Å². The minimum atomic E-state index is -0.564. The first kappa shape index (κ1) is 17.8. The summed E-state index contributed by atoms with van der Waals surface area (Å²) in [6.07, 6.45) is 5.02. The van der Waals surface area contributed by atoms with Crippen LogP contribution in [0.2, 0.25) is 0 Å². The number of aromatic hydroxyl groups is 1. The molecule has 1 saturated heterocycles. The molecular weight excluding hydrogens is 318 g/mol. The molecule has 6 heteroatoms. The van der Waals surface area contributed by atoms with E-state index in [0.717, 1.165) is 37.2 Å². The van der Waals surface area contributed by atoms with Crippen molar-refractivity contribution in [2.24, 2.45) is 13.0 Å². The van der Waals surface area contributed by atoms with Gasteiger partial charge in [-0.05, 0) is 44.5 Å². The molecule has 3 rings (SSSR count). The topological polar surface area (TPSA) is 70.8 Å². The number of phenols is 1. The van der Waals surface area contributed by atoms with Gasteiger partial charge in [-0.25, -0.2) is 4.98 Å². The number of aliphatic hydroxyl groups excluding tert-OH is 1. The van der Waals surface area contributed by atoms with Crippen molar-refractivity contribution in [3.05, 3.63) is 42.0 Å². The van der Waals surface area contributed by atoms with Gasteiger partial charge in [0.2, 0.25) is 0 Å². The van der Waals surface area contributed by atoms with Crippen LogP contribution in [0.1, 0.15) is 37.3 Å². The van der Waals surface area contributed by atoms with Gasteiger partial charge in [0.05, 0.1) is 6.61 Å². The predicted molar refractivity (Wildman–Crippen MR) is 95.4 cm³/mol. The number of benzene rings is 1. The molecule has 1 aliphatic rings. The highest BCUT2D eigenvalue weighted by molar-refractivity contribution is 5.39. The SMILES string of the molecule is CCOc1ccc(O)c(CN2CCCC(C(O)c3nccn3C)C2)c1. The zero-order chi connectivity index (χ0) is 17.8. The maximum absolute atomic E-state index is 10.7. The number of aromatic nitrogens is 2. The number of aryl methyl sites for hydroxylation is 1. The molecule has 25 heavy (non-hydrogen) atoms. The van der Waals surface area contributed by atoms with Gasteiger partial charge in [-0.1, -0.05) is 0 Å². The molecular formula is C19H27N3O3. The molecule has 0 radical (unpaired) electrons. The smallest absolute Gasteiger partial charge is 0.137 e. The fourth-order valence-corrected chi connectivity index (χ4v) is 3.55. The summed E-state index contributed by atoms with van der Waals surface area (Å²) in [4.78, 5) is 6.57. The molecule has 1 aliphatic heterocycles. The first-order valence-corrected chi connectivity index (χ1v) is 8.90. The van der Waals surface area contributed by atoms with Gasteiger partial charge in [0.15, 0.2) is 0 Å². The van der Waals surface area contributed by atoms with Crippen molar-refractivity contribution in [3.63, 3.8) is 0 Å². The molecule has 1 aromatic heterocycles. The van der Waals surface area contributed by atoms with Gasteiger partial charge in [0.25, 0.3) is 0 Å². The summed E-state index contributed by atoms with van der Waals surface area (Å²) < 4.78 is 7.41. The third-order valence-corrected chi connectivity index (χ3v) is 4.87. The molecule has 0 aliphatic carbocycles. The Kier molecular flexibility index (Phi) is 5.60. The maximum Gasteiger partial charge on any atom is 0.137 e. The van der Waals surface area contributed by atoms with Crippen LogP contribution in [0.5, 0.6) is 11.5 Å². The van der Waals surface area contributed by atoms with Gasteiger partial charge in [0, 0.05) is 44.0 Å². The quantitative estimate of drug-likeness (QED) is 0.842. The maximum atomic E-state index is 10.7. The van der Waals surface area contributed by atoms with Crippen molar-refractivity contribution in [2.45, 2.75) is 32.4 Å². The van der Waals surface area contributed by atoms with E-state index in [2.05, 4.69) is 9.88 Å². The van der Waals surface area contributed by atoms with Gasteiger partial charge in [0.1, 0.15) is 23.4 Å². The Morgan fingerprint density at radius 2 is 2.24 bits per heavy atom. The lowest BCUT2D eigenvalue weighted by molar-refractivity contribution is 0.0402. The number of phenolic OH excluding ortho intramolecular Hbond substituents is 1. The molecule has 0 amide bonds. The highest BCUT2D eigenvalue weighted by Crippen LogP contribution is 2.31. The van der Waals surface area contributed by atoms with Crippen LogP contribution in [0.25, 0.3) is 0 Å². The number of likely N-dealkylation sites (tertiary alicyclic amines) is 1. The third-order valence-electron chi connectivity index (χ3n) is 4.87. The molecule has 2 heterocycles. The lowest BCUT2D eigenvalue weighted by atomic mass is 9.91. The second-order valence-electron chi connectivity index (χ2n) is 6.70. The highest BCUT2D eigenvalue weighted by Gasteiger charge is 2.29. The van der Waals surface area contributed by atoms with Crippen molar-refractivity contribution in [1.29, 1.82) is 0 Å². The van der Waals surface area contributed by atoms with Gasteiger partial charge < -0.3 is 19.5 Å². The Balaban J connectivity index is 1.68. The number of imidazole rings is 1. The summed E-state index contributed by atoms with van der Waals surface area (Å²) in [5.74, 6) is 1.92. The summed E-state index contributed by atoms with van der Waals surface area (Å²) in [7, 11) is 1.91. The molecule has 1 aromatic carbocycles. The highest BCUT2D eigenvalue weighted by atomic mass is 16.5. The zero-order valence-electron chi connectivity index (χ0n) is 14.9. The normalized spacial score (nSPS) is 19.7. The summed E-state index contributed by atoms with van der Waals surface area (Å²) in [5, 5.41) is 20.8. The molecule has 0 saturated carbocycles. The molecule has 6 nitrogen and oxygen atoms in total. The second-order valence-corrected chi connectivity index (χ2v) is 6.70. The number of nitrogens with zero attached hydrogens (tertiary/aromatic N) is 3. The van der Waals surface area contributed by atoms with Crippen LogP contribution in [0.3, 0.4) is 0 Å². The molecule has 136 valence electrons. The summed E-state index contributed by atoms with van der Waals surface area (Å²) in [6, 6.07) is 5.37. The van der Waals surface area contributed by atoms with Crippen LogP contribution in [-0.4, -0.2) is 44.4 Å². The minimum Gasteiger partial charge on any atom is -0.508 e. The zero-order valence-corrected chi connectivity index (χ0v) is 14.9. The van der Waals surface area contributed by atoms with Crippen LogP contribution in [-0.2, 0) is 13.6 Å². The Bertz CT molecular complexity index is 701. The molecule has 2 atom stereocenters. The fourth-order valence-electron chi connectivity index (χ4n) is 3.55. The molecule has 2 aromatic rings. The van der Waals surface area contributed by atoms with E-state index >= 15 is 0 Å². The van der Waals surface area contributed by atoms with E-state index in [1.54, 1.807) is 18.3 Å². The van der Waals surface area contributed by atoms with Crippen LogP contribution >= 0.6 is 0 Å². The third kappa shape index (κ3) is 4.14. The Labute approximate surface area is 148 Å². The van der Waals surface area contributed by atoms with Crippen molar-refractivity contribution in [1.82, 2.24) is 14.5 Å². The number of aliphatic hydroxyl groups is 1.